The molecule has 0 aliphatic carbocycles. The molecule has 4 nitrogen and oxygen atoms in total. The number of carbonyl (C=O) groups is 1. The van der Waals surface area contributed by atoms with Gasteiger partial charge < -0.3 is 10.4 Å². The average Bonchev–Trinajstić information content (AvgIpc) is 2.39. The molecule has 0 radical (unpaired) electrons. The zero-order chi connectivity index (χ0) is 13.8. The predicted octanol–water partition coefficient (Wildman–Crippen LogP) is 2.36. The highest BCUT2D eigenvalue weighted by atomic mass is 16.3. The summed E-state index contributed by atoms with van der Waals surface area (Å²) in [4.78, 5) is 16.3. The van der Waals surface area contributed by atoms with Gasteiger partial charge in [0.25, 0.3) is 5.91 Å². The van der Waals surface area contributed by atoms with E-state index >= 15 is 0 Å². The minimum absolute atomic E-state index is 0.0958. The van der Waals surface area contributed by atoms with Gasteiger partial charge in [0.05, 0.1) is 11.6 Å². The van der Waals surface area contributed by atoms with Crippen LogP contribution in [0.5, 0.6) is 5.75 Å². The van der Waals surface area contributed by atoms with E-state index in [4.69, 9.17) is 0 Å². The van der Waals surface area contributed by atoms with Crippen molar-refractivity contribution in [1.29, 1.82) is 0 Å². The number of nitrogens with one attached hydrogen (secondary N) is 1. The molecular formula is C15H18N2O2. The number of phenolic OH excluding ortho intramolecular Hbond substituents is 1. The monoisotopic (exact) mass is 258 g/mol. The van der Waals surface area contributed by atoms with Crippen molar-refractivity contribution < 1.29 is 9.90 Å². The molecule has 0 aromatic heterocycles. The Morgan fingerprint density at radius 3 is 2.68 bits per heavy atom. The molecule has 4 heteroatoms. The number of nitrogens with zero attached hydrogens (tertiary/aromatic N) is 1. The second-order valence-corrected chi connectivity index (χ2v) is 4.77. The van der Waals surface area contributed by atoms with E-state index in [2.05, 4.69) is 10.3 Å². The van der Waals surface area contributed by atoms with Crippen LogP contribution in [0.1, 0.15) is 31.9 Å². The minimum Gasteiger partial charge on any atom is -0.508 e. The van der Waals surface area contributed by atoms with Gasteiger partial charge in [-0.3, -0.25) is 9.79 Å². The number of aromatic hydroxyl groups is 1. The zero-order valence-electron chi connectivity index (χ0n) is 11.2. The SMILES string of the molecule is CC1=C(C(=O)NC(C)c2ccc(O)cc2)C=NCC1. The Kier molecular flexibility index (Phi) is 4.00. The fraction of sp³-hybridized carbons (Fsp3) is 0.333. The largest absolute Gasteiger partial charge is 0.508 e. The van der Waals surface area contributed by atoms with Crippen molar-refractivity contribution in [2.75, 3.05) is 6.54 Å². The Labute approximate surface area is 112 Å². The van der Waals surface area contributed by atoms with Crippen LogP contribution in [0.3, 0.4) is 0 Å². The topological polar surface area (TPSA) is 61.7 Å². The molecule has 1 aliphatic rings. The van der Waals surface area contributed by atoms with Crippen molar-refractivity contribution in [3.63, 3.8) is 0 Å². The standard InChI is InChI=1S/C15H18N2O2/c1-10-7-8-16-9-14(10)15(19)17-11(2)12-3-5-13(18)6-4-12/h3-6,9,11,18H,7-8H2,1-2H3,(H,17,19). The lowest BCUT2D eigenvalue weighted by atomic mass is 10.0. The van der Waals surface area contributed by atoms with Crippen LogP contribution < -0.4 is 5.32 Å². The number of benzene rings is 1. The number of rotatable bonds is 3. The Morgan fingerprint density at radius 1 is 1.37 bits per heavy atom. The first-order valence-electron chi connectivity index (χ1n) is 6.37. The third-order valence-electron chi connectivity index (χ3n) is 3.28. The van der Waals surface area contributed by atoms with E-state index < -0.39 is 0 Å². The second-order valence-electron chi connectivity index (χ2n) is 4.77. The number of hydrogen-bond acceptors (Lipinski definition) is 3. The molecule has 1 aromatic rings. The van der Waals surface area contributed by atoms with Crippen LogP contribution in [-0.4, -0.2) is 23.8 Å². The van der Waals surface area contributed by atoms with Crippen LogP contribution >= 0.6 is 0 Å². The van der Waals surface area contributed by atoms with E-state index in [0.29, 0.717) is 5.57 Å². The first-order chi connectivity index (χ1) is 9.08. The van der Waals surface area contributed by atoms with Crippen molar-refractivity contribution >= 4 is 12.1 Å². The number of aliphatic imine (C=N–C) groups is 1. The highest BCUT2D eigenvalue weighted by molar-refractivity contribution is 6.13. The van der Waals surface area contributed by atoms with Crippen molar-refractivity contribution in [2.45, 2.75) is 26.3 Å². The maximum atomic E-state index is 12.1. The van der Waals surface area contributed by atoms with Gasteiger partial charge in [0.1, 0.15) is 5.75 Å². The summed E-state index contributed by atoms with van der Waals surface area (Å²) in [5, 5.41) is 12.2. The molecule has 1 heterocycles. The summed E-state index contributed by atoms with van der Waals surface area (Å²) in [5.74, 6) is 0.127. The van der Waals surface area contributed by atoms with Crippen LogP contribution in [-0.2, 0) is 4.79 Å². The molecular weight excluding hydrogens is 240 g/mol. The summed E-state index contributed by atoms with van der Waals surface area (Å²) in [5.41, 5.74) is 2.69. The van der Waals surface area contributed by atoms with Gasteiger partial charge in [0, 0.05) is 12.8 Å². The third-order valence-corrected chi connectivity index (χ3v) is 3.28. The number of carbonyl (C=O) groups excluding carboxylic acids is 1. The van der Waals surface area contributed by atoms with Gasteiger partial charge in [-0.15, -0.1) is 0 Å². The molecule has 1 amide bonds. The van der Waals surface area contributed by atoms with Crippen molar-refractivity contribution in [1.82, 2.24) is 5.32 Å². The average molecular weight is 258 g/mol. The smallest absolute Gasteiger partial charge is 0.253 e. The van der Waals surface area contributed by atoms with E-state index in [1.165, 1.54) is 0 Å². The summed E-state index contributed by atoms with van der Waals surface area (Å²) in [7, 11) is 0. The van der Waals surface area contributed by atoms with E-state index in [1.54, 1.807) is 30.5 Å². The van der Waals surface area contributed by atoms with Crippen LogP contribution in [0.25, 0.3) is 0 Å². The van der Waals surface area contributed by atoms with Gasteiger partial charge in [0.2, 0.25) is 0 Å². The molecule has 0 spiro atoms. The molecule has 0 bridgehead atoms. The van der Waals surface area contributed by atoms with Gasteiger partial charge in [-0.1, -0.05) is 17.7 Å². The molecule has 19 heavy (non-hydrogen) atoms. The predicted molar refractivity (Wildman–Crippen MR) is 75.3 cm³/mol. The summed E-state index contributed by atoms with van der Waals surface area (Å²) in [6.07, 6.45) is 2.49. The van der Waals surface area contributed by atoms with Crippen molar-refractivity contribution in [3.8, 4) is 5.75 Å². The van der Waals surface area contributed by atoms with Crippen molar-refractivity contribution in [3.05, 3.63) is 41.0 Å². The fourth-order valence-electron chi connectivity index (χ4n) is 2.01. The van der Waals surface area contributed by atoms with Crippen molar-refractivity contribution in [2.24, 2.45) is 4.99 Å². The molecule has 1 atom stereocenters. The van der Waals surface area contributed by atoms with Crippen LogP contribution in [0.4, 0.5) is 0 Å². The highest BCUT2D eigenvalue weighted by Gasteiger charge is 2.16. The molecule has 0 saturated heterocycles. The highest BCUT2D eigenvalue weighted by Crippen LogP contribution is 2.18. The first kappa shape index (κ1) is 13.3. The zero-order valence-corrected chi connectivity index (χ0v) is 11.2. The van der Waals surface area contributed by atoms with Gasteiger partial charge in [-0.05, 0) is 38.0 Å². The van der Waals surface area contributed by atoms with Gasteiger partial charge in [0.15, 0.2) is 0 Å². The van der Waals surface area contributed by atoms with E-state index in [9.17, 15) is 9.90 Å². The molecule has 100 valence electrons. The molecule has 1 aliphatic heterocycles. The van der Waals surface area contributed by atoms with Crippen LogP contribution in [0, 0.1) is 0 Å². The summed E-state index contributed by atoms with van der Waals surface area (Å²) >= 11 is 0. The third kappa shape index (κ3) is 3.22. The van der Waals surface area contributed by atoms with Gasteiger partial charge in [-0.2, -0.15) is 0 Å². The Morgan fingerprint density at radius 2 is 2.05 bits per heavy atom. The minimum atomic E-state index is -0.108. The summed E-state index contributed by atoms with van der Waals surface area (Å²) in [6, 6.07) is 6.73. The number of dihydropyridines is 1. The first-order valence-corrected chi connectivity index (χ1v) is 6.37. The normalized spacial score (nSPS) is 16.3. The van der Waals surface area contributed by atoms with E-state index in [-0.39, 0.29) is 17.7 Å². The molecule has 0 saturated carbocycles. The lowest BCUT2D eigenvalue weighted by molar-refractivity contribution is -0.117. The van der Waals surface area contributed by atoms with Gasteiger partial charge in [-0.25, -0.2) is 0 Å². The van der Waals surface area contributed by atoms with Gasteiger partial charge >= 0.3 is 0 Å². The molecule has 1 unspecified atom stereocenters. The lowest BCUT2D eigenvalue weighted by Gasteiger charge is -2.17. The van der Waals surface area contributed by atoms with E-state index in [1.807, 2.05) is 13.8 Å². The molecule has 0 fully saturated rings. The quantitative estimate of drug-likeness (QED) is 0.874. The maximum absolute atomic E-state index is 12.1. The molecule has 1 aromatic carbocycles. The second kappa shape index (κ2) is 5.69. The molecule has 2 rings (SSSR count). The Bertz CT molecular complexity index is 530. The fourth-order valence-corrected chi connectivity index (χ4v) is 2.01. The summed E-state index contributed by atoms with van der Waals surface area (Å²) < 4.78 is 0. The van der Waals surface area contributed by atoms with Crippen LogP contribution in [0.15, 0.2) is 40.4 Å². The number of hydrogen-bond donors (Lipinski definition) is 2. The number of amides is 1. The molecule has 2 N–H and O–H groups in total. The van der Waals surface area contributed by atoms with E-state index in [0.717, 1.165) is 24.1 Å². The Balaban J connectivity index is 2.06. The number of phenols is 1. The maximum Gasteiger partial charge on any atom is 0.253 e. The van der Waals surface area contributed by atoms with Crippen LogP contribution in [0.2, 0.25) is 0 Å². The summed E-state index contributed by atoms with van der Waals surface area (Å²) in [6.45, 7) is 4.64. The Hall–Kier alpha value is -2.10. The lowest BCUT2D eigenvalue weighted by Crippen LogP contribution is -2.29.